The van der Waals surface area contributed by atoms with Gasteiger partial charge in [0.2, 0.25) is 0 Å². The van der Waals surface area contributed by atoms with Crippen LogP contribution in [0.25, 0.3) is 0 Å². The maximum Gasteiger partial charge on any atom is 0.269 e. The van der Waals surface area contributed by atoms with Gasteiger partial charge in [0.15, 0.2) is 0 Å². The number of nitrogens with zero attached hydrogens (tertiary/aromatic N) is 1. The largest absolute Gasteiger partial charge is 0.383 e. The molecule has 1 aromatic heterocycles. The van der Waals surface area contributed by atoms with Crippen molar-refractivity contribution in [2.75, 3.05) is 13.7 Å². The smallest absolute Gasteiger partial charge is 0.269 e. The first-order chi connectivity index (χ1) is 6.15. The Morgan fingerprint density at radius 1 is 1.69 bits per heavy atom. The first-order valence-corrected chi connectivity index (χ1v) is 5.15. The number of halogens is 2. The summed E-state index contributed by atoms with van der Waals surface area (Å²) in [6.45, 7) is 1.04. The highest BCUT2D eigenvalue weighted by atomic mass is 127. The highest BCUT2D eigenvalue weighted by Gasteiger charge is 2.02. The van der Waals surface area contributed by atoms with Crippen LogP contribution in [0, 0.1) is 3.57 Å². The third-order valence-corrected chi connectivity index (χ3v) is 2.41. The van der Waals surface area contributed by atoms with E-state index in [1.54, 1.807) is 23.9 Å². The van der Waals surface area contributed by atoms with Gasteiger partial charge in [0.1, 0.15) is 5.02 Å². The van der Waals surface area contributed by atoms with Gasteiger partial charge in [-0.25, -0.2) is 0 Å². The zero-order valence-corrected chi connectivity index (χ0v) is 10.0. The lowest BCUT2D eigenvalue weighted by molar-refractivity contribution is 0.186. The minimum Gasteiger partial charge on any atom is -0.383 e. The second kappa shape index (κ2) is 4.97. The molecule has 0 saturated heterocycles. The van der Waals surface area contributed by atoms with Crippen LogP contribution < -0.4 is 5.56 Å². The molecule has 0 bridgehead atoms. The number of aromatic nitrogens is 1. The summed E-state index contributed by atoms with van der Waals surface area (Å²) in [7, 11) is 1.60. The van der Waals surface area contributed by atoms with E-state index < -0.39 is 0 Å². The van der Waals surface area contributed by atoms with Gasteiger partial charge in [0, 0.05) is 23.4 Å². The molecular weight excluding hydrogens is 304 g/mol. The molecule has 0 N–H and O–H groups in total. The van der Waals surface area contributed by atoms with E-state index in [0.29, 0.717) is 13.2 Å². The molecule has 5 heteroatoms. The Hall–Kier alpha value is -0.0700. The Morgan fingerprint density at radius 3 is 3.00 bits per heavy atom. The van der Waals surface area contributed by atoms with Crippen LogP contribution in [0.3, 0.4) is 0 Å². The Morgan fingerprint density at radius 2 is 2.38 bits per heavy atom. The number of hydrogen-bond donors (Lipinski definition) is 0. The summed E-state index contributed by atoms with van der Waals surface area (Å²) in [5.41, 5.74) is -0.167. The summed E-state index contributed by atoms with van der Waals surface area (Å²) in [6, 6.07) is 1.65. The number of methoxy groups -OCH3 is 1. The lowest BCUT2D eigenvalue weighted by atomic mass is 10.4. The average molecular weight is 314 g/mol. The van der Waals surface area contributed by atoms with E-state index in [1.807, 2.05) is 0 Å². The van der Waals surface area contributed by atoms with Crippen molar-refractivity contribution in [3.8, 4) is 0 Å². The van der Waals surface area contributed by atoms with Gasteiger partial charge in [-0.3, -0.25) is 4.79 Å². The molecule has 0 aliphatic heterocycles. The van der Waals surface area contributed by atoms with Gasteiger partial charge < -0.3 is 9.30 Å². The molecule has 0 aromatic carbocycles. The summed E-state index contributed by atoms with van der Waals surface area (Å²) in [4.78, 5) is 11.4. The SMILES string of the molecule is COCCn1cc(I)cc(Cl)c1=O. The molecule has 72 valence electrons. The molecule has 0 aliphatic rings. The molecular formula is C8H9ClINO2. The van der Waals surface area contributed by atoms with Crippen molar-refractivity contribution in [3.05, 3.63) is 31.2 Å². The van der Waals surface area contributed by atoms with Crippen molar-refractivity contribution in [2.45, 2.75) is 6.54 Å². The highest BCUT2D eigenvalue weighted by Crippen LogP contribution is 2.07. The molecule has 13 heavy (non-hydrogen) atoms. The summed E-state index contributed by atoms with van der Waals surface area (Å²) in [5, 5.41) is 0.253. The molecule has 0 amide bonds. The predicted octanol–water partition coefficient (Wildman–Crippen LogP) is 1.75. The van der Waals surface area contributed by atoms with E-state index in [1.165, 1.54) is 0 Å². The van der Waals surface area contributed by atoms with Gasteiger partial charge in [0.25, 0.3) is 5.56 Å². The Bertz CT molecular complexity index is 350. The van der Waals surface area contributed by atoms with Crippen LogP contribution in [-0.2, 0) is 11.3 Å². The average Bonchev–Trinajstić information content (AvgIpc) is 2.09. The Labute approximate surface area is 94.8 Å². The predicted molar refractivity (Wildman–Crippen MR) is 60.3 cm³/mol. The van der Waals surface area contributed by atoms with E-state index in [2.05, 4.69) is 22.6 Å². The summed E-state index contributed by atoms with van der Waals surface area (Å²) in [6.07, 6.45) is 1.76. The molecule has 1 rings (SSSR count). The van der Waals surface area contributed by atoms with Gasteiger partial charge in [-0.15, -0.1) is 0 Å². The molecule has 0 fully saturated rings. The van der Waals surface area contributed by atoms with Crippen LogP contribution >= 0.6 is 34.2 Å². The third kappa shape index (κ3) is 2.96. The van der Waals surface area contributed by atoms with Crippen LogP contribution in [-0.4, -0.2) is 18.3 Å². The molecule has 0 aliphatic carbocycles. The standard InChI is InChI=1S/C8H9ClINO2/c1-13-3-2-11-5-6(10)4-7(9)8(11)12/h4-5H,2-3H2,1H3. The quantitative estimate of drug-likeness (QED) is 0.796. The zero-order valence-electron chi connectivity index (χ0n) is 7.09. The van der Waals surface area contributed by atoms with Crippen LogP contribution in [0.5, 0.6) is 0 Å². The number of rotatable bonds is 3. The fraction of sp³-hybridized carbons (Fsp3) is 0.375. The van der Waals surface area contributed by atoms with Gasteiger partial charge in [-0.05, 0) is 28.7 Å². The van der Waals surface area contributed by atoms with Crippen LogP contribution in [0.1, 0.15) is 0 Å². The molecule has 3 nitrogen and oxygen atoms in total. The number of ether oxygens (including phenoxy) is 1. The van der Waals surface area contributed by atoms with Gasteiger partial charge >= 0.3 is 0 Å². The van der Waals surface area contributed by atoms with Crippen molar-refractivity contribution in [1.29, 1.82) is 0 Å². The lowest BCUT2D eigenvalue weighted by Crippen LogP contribution is -2.22. The first-order valence-electron chi connectivity index (χ1n) is 3.69. The molecule has 0 atom stereocenters. The Kier molecular flexibility index (Phi) is 4.21. The third-order valence-electron chi connectivity index (χ3n) is 1.55. The first kappa shape index (κ1) is 11.0. The summed E-state index contributed by atoms with van der Waals surface area (Å²) >= 11 is 7.83. The molecule has 0 radical (unpaired) electrons. The molecule has 0 saturated carbocycles. The van der Waals surface area contributed by atoms with E-state index in [4.69, 9.17) is 16.3 Å². The minimum absolute atomic E-state index is 0.167. The fourth-order valence-electron chi connectivity index (χ4n) is 0.920. The maximum atomic E-state index is 11.4. The van der Waals surface area contributed by atoms with Crippen molar-refractivity contribution in [2.24, 2.45) is 0 Å². The Balaban J connectivity index is 2.99. The highest BCUT2D eigenvalue weighted by molar-refractivity contribution is 14.1. The van der Waals surface area contributed by atoms with Crippen LogP contribution in [0.4, 0.5) is 0 Å². The number of pyridine rings is 1. The number of hydrogen-bond acceptors (Lipinski definition) is 2. The molecule has 0 unspecified atom stereocenters. The molecule has 0 spiro atoms. The second-order valence-corrected chi connectivity index (χ2v) is 4.15. The maximum absolute atomic E-state index is 11.4. The monoisotopic (exact) mass is 313 g/mol. The molecule has 1 aromatic rings. The van der Waals surface area contributed by atoms with Crippen molar-refractivity contribution in [3.63, 3.8) is 0 Å². The second-order valence-electron chi connectivity index (χ2n) is 2.50. The van der Waals surface area contributed by atoms with Crippen molar-refractivity contribution < 1.29 is 4.74 Å². The summed E-state index contributed by atoms with van der Waals surface area (Å²) in [5.74, 6) is 0. The van der Waals surface area contributed by atoms with Gasteiger partial charge in [0.05, 0.1) is 6.61 Å². The van der Waals surface area contributed by atoms with E-state index >= 15 is 0 Å². The molecule has 1 heterocycles. The van der Waals surface area contributed by atoms with Gasteiger partial charge in [-0.1, -0.05) is 11.6 Å². The summed E-state index contributed by atoms with van der Waals surface area (Å²) < 4.78 is 7.37. The lowest BCUT2D eigenvalue weighted by Gasteiger charge is -2.05. The normalized spacial score (nSPS) is 10.4. The van der Waals surface area contributed by atoms with Gasteiger partial charge in [-0.2, -0.15) is 0 Å². The van der Waals surface area contributed by atoms with Crippen molar-refractivity contribution in [1.82, 2.24) is 4.57 Å². The topological polar surface area (TPSA) is 31.2 Å². The minimum atomic E-state index is -0.167. The van der Waals surface area contributed by atoms with Crippen LogP contribution in [0.15, 0.2) is 17.1 Å². The zero-order chi connectivity index (χ0) is 9.84. The van der Waals surface area contributed by atoms with E-state index in [-0.39, 0.29) is 10.6 Å². The fourth-order valence-corrected chi connectivity index (χ4v) is 1.98. The van der Waals surface area contributed by atoms with E-state index in [0.717, 1.165) is 3.57 Å². The van der Waals surface area contributed by atoms with E-state index in [9.17, 15) is 4.79 Å². The van der Waals surface area contributed by atoms with Crippen LogP contribution in [0.2, 0.25) is 5.02 Å². The van der Waals surface area contributed by atoms with Crippen molar-refractivity contribution >= 4 is 34.2 Å².